The standard InChI is InChI=1S/C20H29NO2/c1-4-7-9-11-16-22-20-15-14-19(17-21-20)23-18(12-6-3)13-10-8-5-2/h4,7-12,14-15,19H,5-6,13,16-17H2,1-3H3/b7-4-,10-8-,11-9-,18-12+. The molecule has 1 rings (SSSR count). The van der Waals surface area contributed by atoms with Crippen LogP contribution in [0.15, 0.2) is 65.4 Å². The molecule has 0 saturated carbocycles. The third kappa shape index (κ3) is 8.87. The van der Waals surface area contributed by atoms with E-state index < -0.39 is 0 Å². The zero-order chi connectivity index (χ0) is 16.8. The Balaban J connectivity index is 2.40. The summed E-state index contributed by atoms with van der Waals surface area (Å²) < 4.78 is 11.6. The van der Waals surface area contributed by atoms with E-state index in [1.165, 1.54) is 0 Å². The average molecular weight is 315 g/mol. The summed E-state index contributed by atoms with van der Waals surface area (Å²) in [5.74, 6) is 1.68. The van der Waals surface area contributed by atoms with Gasteiger partial charge in [0.15, 0.2) is 0 Å². The van der Waals surface area contributed by atoms with Crippen LogP contribution in [0.3, 0.4) is 0 Å². The molecular weight excluding hydrogens is 286 g/mol. The van der Waals surface area contributed by atoms with Crippen LogP contribution in [-0.4, -0.2) is 25.2 Å². The molecule has 1 atom stereocenters. The Morgan fingerprint density at radius 3 is 2.74 bits per heavy atom. The number of ether oxygens (including phenoxy) is 2. The zero-order valence-corrected chi connectivity index (χ0v) is 14.6. The molecule has 0 radical (unpaired) electrons. The molecule has 3 nitrogen and oxygen atoms in total. The minimum absolute atomic E-state index is 0.00579. The summed E-state index contributed by atoms with van der Waals surface area (Å²) in [5, 5.41) is 0. The topological polar surface area (TPSA) is 30.8 Å². The fraction of sp³-hybridized carbons (Fsp3) is 0.450. The van der Waals surface area contributed by atoms with E-state index >= 15 is 0 Å². The maximum absolute atomic E-state index is 6.02. The Labute approximate surface area is 140 Å². The van der Waals surface area contributed by atoms with Crippen molar-refractivity contribution in [2.45, 2.75) is 46.1 Å². The number of nitrogens with zero attached hydrogens (tertiary/aromatic N) is 1. The van der Waals surface area contributed by atoms with Crippen LogP contribution in [0.5, 0.6) is 0 Å². The van der Waals surface area contributed by atoms with E-state index in [0.717, 1.165) is 25.0 Å². The molecule has 0 aromatic carbocycles. The predicted molar refractivity (Wildman–Crippen MR) is 98.6 cm³/mol. The fourth-order valence-electron chi connectivity index (χ4n) is 2.00. The van der Waals surface area contributed by atoms with Crippen molar-refractivity contribution in [2.24, 2.45) is 4.99 Å². The molecule has 0 fully saturated rings. The lowest BCUT2D eigenvalue weighted by Gasteiger charge is -2.19. The van der Waals surface area contributed by atoms with Gasteiger partial charge in [-0.15, -0.1) is 0 Å². The lowest BCUT2D eigenvalue weighted by Crippen LogP contribution is -2.20. The molecule has 3 heteroatoms. The Kier molecular flexibility index (Phi) is 10.3. The highest BCUT2D eigenvalue weighted by molar-refractivity contribution is 5.88. The Morgan fingerprint density at radius 2 is 2.09 bits per heavy atom. The number of hydrogen-bond acceptors (Lipinski definition) is 3. The van der Waals surface area contributed by atoms with E-state index in [0.29, 0.717) is 19.0 Å². The molecule has 0 aliphatic carbocycles. The Bertz CT molecular complexity index is 496. The Morgan fingerprint density at radius 1 is 1.22 bits per heavy atom. The second kappa shape index (κ2) is 12.5. The molecule has 0 N–H and O–H groups in total. The Hall–Kier alpha value is -2.03. The quantitative estimate of drug-likeness (QED) is 0.335. The van der Waals surface area contributed by atoms with Crippen LogP contribution in [0.4, 0.5) is 0 Å². The number of hydrogen-bond donors (Lipinski definition) is 0. The summed E-state index contributed by atoms with van der Waals surface area (Å²) in [5.41, 5.74) is 0. The van der Waals surface area contributed by atoms with Gasteiger partial charge in [-0.05, 0) is 44.1 Å². The lowest BCUT2D eigenvalue weighted by molar-refractivity contribution is 0.154. The van der Waals surface area contributed by atoms with Crippen molar-refractivity contribution in [1.29, 1.82) is 0 Å². The summed E-state index contributed by atoms with van der Waals surface area (Å²) in [6.07, 6.45) is 21.1. The first-order valence-electron chi connectivity index (χ1n) is 8.44. The summed E-state index contributed by atoms with van der Waals surface area (Å²) in [7, 11) is 0. The molecule has 0 aromatic heterocycles. The molecule has 1 unspecified atom stereocenters. The molecule has 0 spiro atoms. The zero-order valence-electron chi connectivity index (χ0n) is 14.6. The van der Waals surface area contributed by atoms with Crippen LogP contribution < -0.4 is 0 Å². The fourth-order valence-corrected chi connectivity index (χ4v) is 2.00. The second-order valence-electron chi connectivity index (χ2n) is 5.12. The smallest absolute Gasteiger partial charge is 0.208 e. The van der Waals surface area contributed by atoms with Gasteiger partial charge >= 0.3 is 0 Å². The largest absolute Gasteiger partial charge is 0.489 e. The minimum Gasteiger partial charge on any atom is -0.489 e. The summed E-state index contributed by atoms with van der Waals surface area (Å²) in [4.78, 5) is 4.42. The summed E-state index contributed by atoms with van der Waals surface area (Å²) in [6, 6.07) is 0. The first kappa shape index (κ1) is 19.0. The van der Waals surface area contributed by atoms with E-state index in [1.54, 1.807) is 0 Å². The van der Waals surface area contributed by atoms with Crippen LogP contribution in [-0.2, 0) is 9.47 Å². The van der Waals surface area contributed by atoms with Gasteiger partial charge in [0.05, 0.1) is 12.3 Å². The maximum atomic E-state index is 6.02. The third-order valence-corrected chi connectivity index (χ3v) is 3.10. The molecule has 0 amide bonds. The highest BCUT2D eigenvalue weighted by Gasteiger charge is 2.12. The molecule has 23 heavy (non-hydrogen) atoms. The third-order valence-electron chi connectivity index (χ3n) is 3.10. The van der Waals surface area contributed by atoms with E-state index in [1.807, 2.05) is 43.4 Å². The van der Waals surface area contributed by atoms with Gasteiger partial charge in [0, 0.05) is 6.42 Å². The average Bonchev–Trinajstić information content (AvgIpc) is 2.56. The van der Waals surface area contributed by atoms with Gasteiger partial charge in [-0.2, -0.15) is 0 Å². The van der Waals surface area contributed by atoms with E-state index in [2.05, 4.69) is 37.1 Å². The molecule has 0 aromatic rings. The van der Waals surface area contributed by atoms with Crippen molar-refractivity contribution in [3.05, 3.63) is 60.4 Å². The van der Waals surface area contributed by atoms with Crippen LogP contribution in [0.25, 0.3) is 0 Å². The van der Waals surface area contributed by atoms with Crippen molar-refractivity contribution in [1.82, 2.24) is 0 Å². The van der Waals surface area contributed by atoms with Gasteiger partial charge in [0.2, 0.25) is 5.90 Å². The van der Waals surface area contributed by atoms with Crippen LogP contribution in [0.1, 0.15) is 40.0 Å². The van der Waals surface area contributed by atoms with E-state index in [9.17, 15) is 0 Å². The molecule has 0 saturated heterocycles. The van der Waals surface area contributed by atoms with Crippen molar-refractivity contribution in [2.75, 3.05) is 13.2 Å². The molecule has 0 bridgehead atoms. The molecule has 1 aliphatic heterocycles. The van der Waals surface area contributed by atoms with E-state index in [-0.39, 0.29) is 6.10 Å². The first-order valence-corrected chi connectivity index (χ1v) is 8.44. The van der Waals surface area contributed by atoms with Gasteiger partial charge in [-0.25, -0.2) is 4.99 Å². The number of allylic oxidation sites excluding steroid dienone is 6. The predicted octanol–water partition coefficient (Wildman–Crippen LogP) is 5.14. The monoisotopic (exact) mass is 315 g/mol. The molecule has 1 heterocycles. The van der Waals surface area contributed by atoms with Gasteiger partial charge in [0.25, 0.3) is 0 Å². The van der Waals surface area contributed by atoms with Gasteiger partial charge in [-0.1, -0.05) is 44.2 Å². The lowest BCUT2D eigenvalue weighted by atomic mass is 10.2. The van der Waals surface area contributed by atoms with Crippen LogP contribution >= 0.6 is 0 Å². The second-order valence-corrected chi connectivity index (χ2v) is 5.12. The van der Waals surface area contributed by atoms with Gasteiger partial charge in [0.1, 0.15) is 12.7 Å². The highest BCUT2D eigenvalue weighted by Crippen LogP contribution is 2.14. The van der Waals surface area contributed by atoms with Crippen LogP contribution in [0.2, 0.25) is 0 Å². The number of dihydropyridines is 1. The van der Waals surface area contributed by atoms with Crippen molar-refractivity contribution < 1.29 is 9.47 Å². The van der Waals surface area contributed by atoms with Crippen molar-refractivity contribution >= 4 is 5.90 Å². The van der Waals surface area contributed by atoms with Crippen molar-refractivity contribution in [3.8, 4) is 0 Å². The SMILES string of the molecule is C/C=C\C=C/COC1=NCC(O/C(=C/CC)C/C=C\CC)C=C1. The molecule has 1 aliphatic rings. The van der Waals surface area contributed by atoms with Gasteiger partial charge < -0.3 is 9.47 Å². The maximum Gasteiger partial charge on any atom is 0.208 e. The van der Waals surface area contributed by atoms with Gasteiger partial charge in [-0.3, -0.25) is 0 Å². The molecule has 126 valence electrons. The summed E-state index contributed by atoms with van der Waals surface area (Å²) in [6.45, 7) is 7.37. The van der Waals surface area contributed by atoms with Crippen LogP contribution in [0, 0.1) is 0 Å². The molecular formula is C20H29NO2. The van der Waals surface area contributed by atoms with E-state index in [4.69, 9.17) is 9.47 Å². The summed E-state index contributed by atoms with van der Waals surface area (Å²) >= 11 is 0. The number of aliphatic imine (C=N–C) groups is 1. The van der Waals surface area contributed by atoms with Crippen molar-refractivity contribution in [3.63, 3.8) is 0 Å². The first-order chi connectivity index (χ1) is 11.3. The number of rotatable bonds is 9. The minimum atomic E-state index is -0.00579. The highest BCUT2D eigenvalue weighted by atomic mass is 16.5. The normalized spacial score (nSPS) is 19.0.